The van der Waals surface area contributed by atoms with E-state index in [0.717, 1.165) is 5.56 Å². The Bertz CT molecular complexity index is 606. The minimum absolute atomic E-state index is 0.0423. The van der Waals surface area contributed by atoms with E-state index in [1.54, 1.807) is 18.2 Å². The monoisotopic (exact) mass is 321 g/mol. The van der Waals surface area contributed by atoms with Crippen molar-refractivity contribution in [1.29, 1.82) is 0 Å². The minimum Gasteiger partial charge on any atom is -0.481 e. The Morgan fingerprint density at radius 3 is 2.35 bits per heavy atom. The van der Waals surface area contributed by atoms with Gasteiger partial charge in [0.05, 0.1) is 6.42 Å². The Morgan fingerprint density at radius 1 is 1.13 bits per heavy atom. The summed E-state index contributed by atoms with van der Waals surface area (Å²) >= 11 is 0. The number of carbonyl (C=O) groups excluding carboxylic acids is 2. The largest absolute Gasteiger partial charge is 0.481 e. The third kappa shape index (κ3) is 6.37. The van der Waals surface area contributed by atoms with Crippen molar-refractivity contribution in [2.24, 2.45) is 5.41 Å². The van der Waals surface area contributed by atoms with Gasteiger partial charge >= 0.3 is 12.0 Å². The van der Waals surface area contributed by atoms with Crippen LogP contribution in [-0.4, -0.2) is 29.6 Å². The number of nitrogens with one attached hydrogen (secondary N) is 3. The summed E-state index contributed by atoms with van der Waals surface area (Å²) in [4.78, 5) is 34.1. The lowest BCUT2D eigenvalue weighted by Crippen LogP contribution is -2.31. The SMILES string of the molecule is Cc1ccc(NC(=O)C(C)(C)C)cc1NC(=O)NCCC(=O)O. The molecule has 0 radical (unpaired) electrons. The van der Waals surface area contributed by atoms with E-state index >= 15 is 0 Å². The summed E-state index contributed by atoms with van der Waals surface area (Å²) in [5.41, 5.74) is 1.43. The summed E-state index contributed by atoms with van der Waals surface area (Å²) in [6.07, 6.45) is -0.145. The molecule has 0 heterocycles. The molecule has 1 aromatic carbocycles. The first-order chi connectivity index (χ1) is 10.6. The van der Waals surface area contributed by atoms with E-state index in [1.807, 2.05) is 27.7 Å². The summed E-state index contributed by atoms with van der Waals surface area (Å²) in [5, 5.41) is 16.4. The van der Waals surface area contributed by atoms with Crippen molar-refractivity contribution in [3.63, 3.8) is 0 Å². The lowest BCUT2D eigenvalue weighted by molar-refractivity contribution is -0.136. The number of rotatable bonds is 5. The van der Waals surface area contributed by atoms with Gasteiger partial charge in [0.15, 0.2) is 0 Å². The summed E-state index contributed by atoms with van der Waals surface area (Å²) in [6.45, 7) is 7.30. The van der Waals surface area contributed by atoms with Gasteiger partial charge in [0.1, 0.15) is 0 Å². The normalized spacial score (nSPS) is 10.8. The van der Waals surface area contributed by atoms with Gasteiger partial charge in [-0.05, 0) is 24.6 Å². The number of anilines is 2. The Morgan fingerprint density at radius 2 is 1.78 bits per heavy atom. The number of benzene rings is 1. The van der Waals surface area contributed by atoms with Crippen LogP contribution in [0.3, 0.4) is 0 Å². The van der Waals surface area contributed by atoms with Gasteiger partial charge in [-0.3, -0.25) is 9.59 Å². The van der Waals surface area contributed by atoms with Crippen LogP contribution < -0.4 is 16.0 Å². The van der Waals surface area contributed by atoms with Gasteiger partial charge < -0.3 is 21.1 Å². The summed E-state index contributed by atoms with van der Waals surface area (Å²) in [5.74, 6) is -1.11. The van der Waals surface area contributed by atoms with E-state index in [1.165, 1.54) is 0 Å². The molecule has 7 nitrogen and oxygen atoms in total. The van der Waals surface area contributed by atoms with Gasteiger partial charge in [-0.15, -0.1) is 0 Å². The number of hydrogen-bond donors (Lipinski definition) is 4. The van der Waals surface area contributed by atoms with Crippen LogP contribution >= 0.6 is 0 Å². The van der Waals surface area contributed by atoms with Crippen LogP contribution in [0.1, 0.15) is 32.8 Å². The fourth-order valence-electron chi connectivity index (χ4n) is 1.60. The highest BCUT2D eigenvalue weighted by Gasteiger charge is 2.21. The molecule has 3 amide bonds. The molecule has 126 valence electrons. The molecule has 4 N–H and O–H groups in total. The van der Waals surface area contributed by atoms with Crippen molar-refractivity contribution in [2.75, 3.05) is 17.2 Å². The third-order valence-electron chi connectivity index (χ3n) is 3.05. The first kappa shape index (κ1) is 18.5. The highest BCUT2D eigenvalue weighted by Crippen LogP contribution is 2.22. The zero-order chi connectivity index (χ0) is 17.6. The van der Waals surface area contributed by atoms with Crippen LogP contribution in [-0.2, 0) is 9.59 Å². The third-order valence-corrected chi connectivity index (χ3v) is 3.05. The molecule has 0 aliphatic rings. The second kappa shape index (κ2) is 7.62. The first-order valence-electron chi connectivity index (χ1n) is 7.28. The topological polar surface area (TPSA) is 108 Å². The van der Waals surface area contributed by atoms with Gasteiger partial charge in [0, 0.05) is 23.3 Å². The van der Waals surface area contributed by atoms with E-state index in [4.69, 9.17) is 5.11 Å². The fraction of sp³-hybridized carbons (Fsp3) is 0.438. The molecule has 23 heavy (non-hydrogen) atoms. The molecule has 0 fully saturated rings. The van der Waals surface area contributed by atoms with Crippen LogP contribution in [0.5, 0.6) is 0 Å². The van der Waals surface area contributed by atoms with Crippen LogP contribution in [0, 0.1) is 12.3 Å². The summed E-state index contributed by atoms with van der Waals surface area (Å²) < 4.78 is 0. The maximum Gasteiger partial charge on any atom is 0.319 e. The molecule has 7 heteroatoms. The van der Waals surface area contributed by atoms with E-state index in [9.17, 15) is 14.4 Å². The molecular formula is C16H23N3O4. The second-order valence-corrected chi connectivity index (χ2v) is 6.26. The first-order valence-corrected chi connectivity index (χ1v) is 7.28. The second-order valence-electron chi connectivity index (χ2n) is 6.26. The van der Waals surface area contributed by atoms with Crippen molar-refractivity contribution < 1.29 is 19.5 Å². The molecule has 1 rings (SSSR count). The van der Waals surface area contributed by atoms with Gasteiger partial charge in [-0.1, -0.05) is 26.8 Å². The van der Waals surface area contributed by atoms with Gasteiger partial charge in [-0.2, -0.15) is 0 Å². The number of carboxylic acids is 1. The molecule has 1 aromatic rings. The van der Waals surface area contributed by atoms with Crippen molar-refractivity contribution in [1.82, 2.24) is 5.32 Å². The smallest absolute Gasteiger partial charge is 0.319 e. The number of aryl methyl sites for hydroxylation is 1. The Labute approximate surface area is 135 Å². The van der Waals surface area contributed by atoms with Crippen LogP contribution in [0.25, 0.3) is 0 Å². The van der Waals surface area contributed by atoms with Crippen LogP contribution in [0.15, 0.2) is 18.2 Å². The zero-order valence-corrected chi connectivity index (χ0v) is 13.8. The van der Waals surface area contributed by atoms with Crippen LogP contribution in [0.4, 0.5) is 16.2 Å². The highest BCUT2D eigenvalue weighted by atomic mass is 16.4. The van der Waals surface area contributed by atoms with Crippen molar-refractivity contribution in [3.05, 3.63) is 23.8 Å². The van der Waals surface area contributed by atoms with Crippen molar-refractivity contribution in [3.8, 4) is 0 Å². The molecule has 0 aliphatic carbocycles. The van der Waals surface area contributed by atoms with E-state index < -0.39 is 17.4 Å². The van der Waals surface area contributed by atoms with Gasteiger partial charge in [0.25, 0.3) is 0 Å². The molecule has 0 unspecified atom stereocenters. The number of carbonyl (C=O) groups is 3. The molecule has 0 bridgehead atoms. The van der Waals surface area contributed by atoms with Crippen LogP contribution in [0.2, 0.25) is 0 Å². The van der Waals surface area contributed by atoms with Crippen molar-refractivity contribution in [2.45, 2.75) is 34.1 Å². The van der Waals surface area contributed by atoms with E-state index in [-0.39, 0.29) is 18.9 Å². The molecular weight excluding hydrogens is 298 g/mol. The molecule has 0 spiro atoms. The maximum absolute atomic E-state index is 12.0. The number of hydrogen-bond acceptors (Lipinski definition) is 3. The highest BCUT2D eigenvalue weighted by molar-refractivity contribution is 5.96. The predicted octanol–water partition coefficient (Wildman–Crippen LogP) is 2.58. The number of urea groups is 1. The quantitative estimate of drug-likeness (QED) is 0.668. The predicted molar refractivity (Wildman–Crippen MR) is 88.5 cm³/mol. The maximum atomic E-state index is 12.0. The Hall–Kier alpha value is -2.57. The molecule has 0 saturated carbocycles. The molecule has 0 saturated heterocycles. The van der Waals surface area contributed by atoms with Crippen molar-refractivity contribution >= 4 is 29.3 Å². The summed E-state index contributed by atoms with van der Waals surface area (Å²) in [6, 6.07) is 4.71. The lowest BCUT2D eigenvalue weighted by atomic mass is 9.95. The average molecular weight is 321 g/mol. The molecule has 0 atom stereocenters. The summed E-state index contributed by atoms with van der Waals surface area (Å²) in [7, 11) is 0. The standard InChI is InChI=1S/C16H23N3O4/c1-10-5-6-11(18-14(22)16(2,3)4)9-12(10)19-15(23)17-8-7-13(20)21/h5-6,9H,7-8H2,1-4H3,(H,18,22)(H,20,21)(H2,17,19,23). The number of amides is 3. The Balaban J connectivity index is 2.72. The number of carboxylic acid groups (broad SMARTS) is 1. The molecule has 0 aromatic heterocycles. The number of aliphatic carboxylic acids is 1. The van der Waals surface area contributed by atoms with E-state index in [2.05, 4.69) is 16.0 Å². The fourth-order valence-corrected chi connectivity index (χ4v) is 1.60. The zero-order valence-electron chi connectivity index (χ0n) is 13.8. The lowest BCUT2D eigenvalue weighted by Gasteiger charge is -2.18. The van der Waals surface area contributed by atoms with Gasteiger partial charge in [-0.25, -0.2) is 4.79 Å². The van der Waals surface area contributed by atoms with E-state index in [0.29, 0.717) is 11.4 Å². The minimum atomic E-state index is -0.978. The molecule has 0 aliphatic heterocycles. The van der Waals surface area contributed by atoms with Gasteiger partial charge in [0.2, 0.25) is 5.91 Å². The Kier molecular flexibility index (Phi) is 6.12. The average Bonchev–Trinajstić information content (AvgIpc) is 2.41.